The van der Waals surface area contributed by atoms with Crippen molar-refractivity contribution < 1.29 is 0 Å². The molecule has 1 aromatic rings. The molecule has 1 N–H and O–H groups in total. The van der Waals surface area contributed by atoms with Crippen molar-refractivity contribution in [3.05, 3.63) is 5.82 Å². The van der Waals surface area contributed by atoms with E-state index >= 15 is 0 Å². The van der Waals surface area contributed by atoms with Crippen molar-refractivity contribution in [1.29, 1.82) is 0 Å². The summed E-state index contributed by atoms with van der Waals surface area (Å²) in [4.78, 5) is 3.65. The maximum atomic E-state index is 4.11. The van der Waals surface area contributed by atoms with E-state index in [2.05, 4.69) is 32.6 Å². The van der Waals surface area contributed by atoms with Gasteiger partial charge in [-0.25, -0.2) is 0 Å². The number of aryl methyl sites for hydroxylation is 1. The van der Waals surface area contributed by atoms with Gasteiger partial charge in [-0.05, 0) is 18.8 Å². The number of nitrogens with zero attached hydrogens (tertiary/aromatic N) is 5. The third-order valence-corrected chi connectivity index (χ3v) is 1.88. The van der Waals surface area contributed by atoms with E-state index in [1.54, 1.807) is 7.05 Å². The van der Waals surface area contributed by atoms with E-state index in [1.807, 2.05) is 7.05 Å². The molecule has 0 amide bonds. The topological polar surface area (TPSA) is 58.9 Å². The summed E-state index contributed by atoms with van der Waals surface area (Å²) in [5.41, 5.74) is 0. The van der Waals surface area contributed by atoms with Gasteiger partial charge in [0.25, 0.3) is 0 Å². The van der Waals surface area contributed by atoms with Gasteiger partial charge in [0.15, 0.2) is 5.82 Å². The summed E-state index contributed by atoms with van der Waals surface area (Å²) in [5, 5.41) is 15.1. The Bertz CT molecular complexity index is 258. The van der Waals surface area contributed by atoms with Crippen molar-refractivity contribution in [1.82, 2.24) is 30.4 Å². The largest absolute Gasteiger partial charge is 0.316 e. The molecule has 14 heavy (non-hydrogen) atoms. The number of nitrogens with one attached hydrogen (secondary N) is 1. The minimum atomic E-state index is 0.749. The highest BCUT2D eigenvalue weighted by atomic mass is 15.6. The molecule has 0 aliphatic carbocycles. The van der Waals surface area contributed by atoms with Gasteiger partial charge >= 0.3 is 0 Å². The van der Waals surface area contributed by atoms with Crippen molar-refractivity contribution in [2.24, 2.45) is 7.05 Å². The minimum absolute atomic E-state index is 0.749. The fourth-order valence-corrected chi connectivity index (χ4v) is 1.15. The smallest absolute Gasteiger partial charge is 0.188 e. The van der Waals surface area contributed by atoms with Gasteiger partial charge in [0.2, 0.25) is 0 Å². The molecule has 1 rings (SSSR count). The van der Waals surface area contributed by atoms with Gasteiger partial charge in [0.1, 0.15) is 0 Å². The van der Waals surface area contributed by atoms with Gasteiger partial charge < -0.3 is 5.32 Å². The van der Waals surface area contributed by atoms with Crippen molar-refractivity contribution >= 4 is 0 Å². The van der Waals surface area contributed by atoms with Crippen LogP contribution in [-0.4, -0.2) is 51.8 Å². The maximum Gasteiger partial charge on any atom is 0.188 e. The van der Waals surface area contributed by atoms with Crippen molar-refractivity contribution in [2.45, 2.75) is 13.5 Å². The van der Waals surface area contributed by atoms with Crippen LogP contribution < -0.4 is 5.32 Å². The Hall–Kier alpha value is -1.01. The Morgan fingerprint density at radius 3 is 2.86 bits per heavy atom. The summed E-state index contributed by atoms with van der Waals surface area (Å²) in [6, 6.07) is 0. The zero-order chi connectivity index (χ0) is 10.4. The van der Waals surface area contributed by atoms with Crippen LogP contribution in [0.4, 0.5) is 0 Å². The molecular weight excluding hydrogens is 180 g/mol. The van der Waals surface area contributed by atoms with E-state index < -0.39 is 0 Å². The van der Waals surface area contributed by atoms with Crippen molar-refractivity contribution in [3.8, 4) is 0 Å². The summed E-state index contributed by atoms with van der Waals surface area (Å²) < 4.78 is 0. The summed E-state index contributed by atoms with van der Waals surface area (Å²) in [6.07, 6.45) is 0. The first-order chi connectivity index (χ1) is 6.72. The first-order valence-corrected chi connectivity index (χ1v) is 4.84. The summed E-state index contributed by atoms with van der Waals surface area (Å²) in [7, 11) is 3.82. The Morgan fingerprint density at radius 2 is 2.29 bits per heavy atom. The van der Waals surface area contributed by atoms with Gasteiger partial charge in [0.05, 0.1) is 13.6 Å². The maximum absolute atomic E-state index is 4.11. The Balaban J connectivity index is 2.23. The highest BCUT2D eigenvalue weighted by Gasteiger charge is 2.04. The lowest BCUT2D eigenvalue weighted by Gasteiger charge is -2.13. The highest BCUT2D eigenvalue weighted by Crippen LogP contribution is 1.92. The lowest BCUT2D eigenvalue weighted by atomic mass is 10.5. The third kappa shape index (κ3) is 3.80. The average molecular weight is 198 g/mol. The van der Waals surface area contributed by atoms with E-state index in [4.69, 9.17) is 0 Å². The molecule has 1 heterocycles. The second-order valence-electron chi connectivity index (χ2n) is 3.29. The fraction of sp³-hybridized carbons (Fsp3) is 0.875. The van der Waals surface area contributed by atoms with Crippen LogP contribution in [0, 0.1) is 0 Å². The molecule has 0 radical (unpaired) electrons. The van der Waals surface area contributed by atoms with Crippen LogP contribution in [0.1, 0.15) is 12.7 Å². The first kappa shape index (κ1) is 11.1. The molecule has 0 aliphatic heterocycles. The number of rotatable bonds is 6. The normalized spacial score (nSPS) is 11.1. The molecule has 0 unspecified atom stereocenters. The fourth-order valence-electron chi connectivity index (χ4n) is 1.15. The standard InChI is InChI=1S/C8H18N6/c1-4-9-5-6-13(2)7-8-10-12-14(3)11-8/h9H,4-7H2,1-3H3. The SMILES string of the molecule is CCNCCN(C)Cc1nnn(C)n1. The monoisotopic (exact) mass is 198 g/mol. The van der Waals surface area contributed by atoms with Crippen LogP contribution >= 0.6 is 0 Å². The minimum Gasteiger partial charge on any atom is -0.316 e. The van der Waals surface area contributed by atoms with Crippen LogP contribution in [0.3, 0.4) is 0 Å². The van der Waals surface area contributed by atoms with E-state index in [-0.39, 0.29) is 0 Å². The van der Waals surface area contributed by atoms with Gasteiger partial charge in [-0.2, -0.15) is 4.80 Å². The number of tetrazole rings is 1. The summed E-state index contributed by atoms with van der Waals surface area (Å²) in [5.74, 6) is 0.770. The Labute approximate surface area is 84.3 Å². The average Bonchev–Trinajstić information content (AvgIpc) is 2.52. The molecular formula is C8H18N6. The second kappa shape index (κ2) is 5.66. The second-order valence-corrected chi connectivity index (χ2v) is 3.29. The van der Waals surface area contributed by atoms with E-state index in [1.165, 1.54) is 4.80 Å². The van der Waals surface area contributed by atoms with Crippen LogP contribution in [0.2, 0.25) is 0 Å². The number of hydrogen-bond donors (Lipinski definition) is 1. The number of hydrogen-bond acceptors (Lipinski definition) is 5. The van der Waals surface area contributed by atoms with Gasteiger partial charge in [0, 0.05) is 13.1 Å². The van der Waals surface area contributed by atoms with E-state index in [0.29, 0.717) is 0 Å². The number of aromatic nitrogens is 4. The summed E-state index contributed by atoms with van der Waals surface area (Å²) >= 11 is 0. The van der Waals surface area contributed by atoms with E-state index in [0.717, 1.165) is 32.0 Å². The molecule has 0 saturated heterocycles. The van der Waals surface area contributed by atoms with E-state index in [9.17, 15) is 0 Å². The molecule has 0 bridgehead atoms. The molecule has 1 aromatic heterocycles. The number of likely N-dealkylation sites (N-methyl/N-ethyl adjacent to an activating group) is 2. The molecule has 0 fully saturated rings. The molecule has 0 spiro atoms. The van der Waals surface area contributed by atoms with Gasteiger partial charge in [-0.3, -0.25) is 4.90 Å². The van der Waals surface area contributed by atoms with Crippen molar-refractivity contribution in [3.63, 3.8) is 0 Å². The molecule has 0 aromatic carbocycles. The highest BCUT2D eigenvalue weighted by molar-refractivity contribution is 4.75. The molecule has 80 valence electrons. The zero-order valence-corrected chi connectivity index (χ0v) is 9.06. The van der Waals surface area contributed by atoms with Crippen LogP contribution in [0.25, 0.3) is 0 Å². The van der Waals surface area contributed by atoms with Crippen molar-refractivity contribution in [2.75, 3.05) is 26.7 Å². The van der Waals surface area contributed by atoms with Crippen LogP contribution in [0.5, 0.6) is 0 Å². The van der Waals surface area contributed by atoms with Crippen LogP contribution in [-0.2, 0) is 13.6 Å². The van der Waals surface area contributed by atoms with Gasteiger partial charge in [-0.15, -0.1) is 10.2 Å². The quantitative estimate of drug-likeness (QED) is 0.610. The predicted molar refractivity (Wildman–Crippen MR) is 53.7 cm³/mol. The first-order valence-electron chi connectivity index (χ1n) is 4.84. The zero-order valence-electron chi connectivity index (χ0n) is 9.06. The lowest BCUT2D eigenvalue weighted by molar-refractivity contribution is 0.317. The Morgan fingerprint density at radius 1 is 1.50 bits per heavy atom. The molecule has 0 aliphatic rings. The third-order valence-electron chi connectivity index (χ3n) is 1.88. The molecule has 6 nitrogen and oxygen atoms in total. The molecule has 0 atom stereocenters. The summed E-state index contributed by atoms with van der Waals surface area (Å²) in [6.45, 7) is 5.85. The lowest BCUT2D eigenvalue weighted by Crippen LogP contribution is -2.29. The van der Waals surface area contributed by atoms with Crippen LogP contribution in [0.15, 0.2) is 0 Å². The molecule has 0 saturated carbocycles. The molecule has 6 heteroatoms. The van der Waals surface area contributed by atoms with Gasteiger partial charge in [-0.1, -0.05) is 6.92 Å². The predicted octanol–water partition coefficient (Wildman–Crippen LogP) is -0.749. The Kier molecular flexibility index (Phi) is 4.48.